The van der Waals surface area contributed by atoms with Crippen LogP contribution in [-0.2, 0) is 6.54 Å². The van der Waals surface area contributed by atoms with E-state index in [2.05, 4.69) is 33.4 Å². The summed E-state index contributed by atoms with van der Waals surface area (Å²) in [6.07, 6.45) is 2.06. The molecule has 1 aliphatic heterocycles. The van der Waals surface area contributed by atoms with Gasteiger partial charge in [0.2, 0.25) is 0 Å². The standard InChI is InChI=1S/C29H32Cl2N4O2S/c1-2-3-18-37-24-11-8-21(9-12-24)28(36)33-29(38)32-23-10-13-27(26(31)19-23)35-16-14-34(15-17-35)20-22-6-4-5-7-25(22)30/h4-13,19H,2-3,14-18,20H2,1H3,(H2,32,33,36,38). The van der Waals surface area contributed by atoms with Gasteiger partial charge in [0.05, 0.1) is 17.3 Å². The molecule has 6 nitrogen and oxygen atoms in total. The lowest BCUT2D eigenvalue weighted by Gasteiger charge is -2.36. The molecule has 1 fully saturated rings. The van der Waals surface area contributed by atoms with Crippen molar-refractivity contribution in [2.75, 3.05) is 43.0 Å². The highest BCUT2D eigenvalue weighted by atomic mass is 35.5. The minimum absolute atomic E-state index is 0.204. The van der Waals surface area contributed by atoms with Gasteiger partial charge in [0, 0.05) is 49.0 Å². The van der Waals surface area contributed by atoms with Gasteiger partial charge < -0.3 is 15.0 Å². The lowest BCUT2D eigenvalue weighted by atomic mass is 10.2. The number of halogens is 2. The Balaban J connectivity index is 1.26. The molecular formula is C29H32Cl2N4O2S. The van der Waals surface area contributed by atoms with Crippen molar-refractivity contribution in [2.45, 2.75) is 26.3 Å². The highest BCUT2D eigenvalue weighted by Gasteiger charge is 2.20. The second-order valence-electron chi connectivity index (χ2n) is 9.16. The first-order valence-corrected chi connectivity index (χ1v) is 13.9. The van der Waals surface area contributed by atoms with Gasteiger partial charge in [-0.15, -0.1) is 0 Å². The summed E-state index contributed by atoms with van der Waals surface area (Å²) in [5, 5.41) is 7.40. The first kappa shape index (κ1) is 28.2. The number of carbonyl (C=O) groups excluding carboxylic acids is 1. The summed E-state index contributed by atoms with van der Waals surface area (Å²) in [5.41, 5.74) is 3.33. The lowest BCUT2D eigenvalue weighted by Crippen LogP contribution is -2.46. The molecule has 0 aromatic heterocycles. The Labute approximate surface area is 239 Å². The molecule has 200 valence electrons. The van der Waals surface area contributed by atoms with E-state index >= 15 is 0 Å². The second kappa shape index (κ2) is 13.8. The number of hydrogen-bond acceptors (Lipinski definition) is 5. The molecular weight excluding hydrogens is 539 g/mol. The van der Waals surface area contributed by atoms with E-state index in [-0.39, 0.29) is 11.0 Å². The number of thiocarbonyl (C=S) groups is 1. The summed E-state index contributed by atoms with van der Waals surface area (Å²) in [6.45, 7) is 7.19. The van der Waals surface area contributed by atoms with Crippen molar-refractivity contribution < 1.29 is 9.53 Å². The summed E-state index contributed by atoms with van der Waals surface area (Å²) >= 11 is 18.3. The number of anilines is 2. The Kier molecular flexibility index (Phi) is 10.2. The Morgan fingerprint density at radius 1 is 0.974 bits per heavy atom. The zero-order valence-electron chi connectivity index (χ0n) is 21.4. The molecule has 0 saturated carbocycles. The van der Waals surface area contributed by atoms with Crippen molar-refractivity contribution in [3.63, 3.8) is 0 Å². The zero-order valence-corrected chi connectivity index (χ0v) is 23.7. The van der Waals surface area contributed by atoms with Crippen LogP contribution in [0.15, 0.2) is 66.7 Å². The van der Waals surface area contributed by atoms with Gasteiger partial charge in [0.15, 0.2) is 5.11 Å². The molecule has 0 radical (unpaired) electrons. The van der Waals surface area contributed by atoms with E-state index < -0.39 is 0 Å². The third-order valence-electron chi connectivity index (χ3n) is 6.38. The largest absolute Gasteiger partial charge is 0.494 e. The van der Waals surface area contributed by atoms with Crippen molar-refractivity contribution in [1.82, 2.24) is 10.2 Å². The van der Waals surface area contributed by atoms with Crippen LogP contribution < -0.4 is 20.3 Å². The highest BCUT2D eigenvalue weighted by Crippen LogP contribution is 2.30. The molecule has 9 heteroatoms. The van der Waals surface area contributed by atoms with Gasteiger partial charge in [-0.3, -0.25) is 15.0 Å². The predicted molar refractivity (Wildman–Crippen MR) is 161 cm³/mol. The van der Waals surface area contributed by atoms with E-state index in [4.69, 9.17) is 40.2 Å². The summed E-state index contributed by atoms with van der Waals surface area (Å²) in [5.74, 6) is 0.451. The molecule has 1 heterocycles. The molecule has 38 heavy (non-hydrogen) atoms. The molecule has 3 aromatic carbocycles. The van der Waals surface area contributed by atoms with Gasteiger partial charge in [-0.1, -0.05) is 54.7 Å². The maximum Gasteiger partial charge on any atom is 0.257 e. The smallest absolute Gasteiger partial charge is 0.257 e. The lowest BCUT2D eigenvalue weighted by molar-refractivity contribution is 0.0977. The van der Waals surface area contributed by atoms with E-state index in [1.807, 2.05) is 36.4 Å². The average molecular weight is 572 g/mol. The third kappa shape index (κ3) is 7.84. The zero-order chi connectivity index (χ0) is 26.9. The number of amides is 1. The number of unbranched alkanes of at least 4 members (excludes halogenated alkanes) is 1. The maximum absolute atomic E-state index is 12.6. The second-order valence-corrected chi connectivity index (χ2v) is 10.4. The maximum atomic E-state index is 12.6. The topological polar surface area (TPSA) is 56.8 Å². The summed E-state index contributed by atoms with van der Waals surface area (Å²) < 4.78 is 5.65. The van der Waals surface area contributed by atoms with Crippen molar-refractivity contribution >= 4 is 57.8 Å². The van der Waals surface area contributed by atoms with Crippen molar-refractivity contribution in [1.29, 1.82) is 0 Å². The van der Waals surface area contributed by atoms with Crippen LogP contribution in [0.1, 0.15) is 35.7 Å². The van der Waals surface area contributed by atoms with Crippen molar-refractivity contribution in [3.8, 4) is 5.75 Å². The molecule has 0 spiro atoms. The SMILES string of the molecule is CCCCOc1ccc(C(=O)NC(=S)Nc2ccc(N3CCN(Cc4ccccc4Cl)CC3)c(Cl)c2)cc1. The number of nitrogens with one attached hydrogen (secondary N) is 2. The number of rotatable bonds is 9. The van der Waals surface area contributed by atoms with Crippen LogP contribution in [-0.4, -0.2) is 48.7 Å². The van der Waals surface area contributed by atoms with Crippen LogP contribution in [0.4, 0.5) is 11.4 Å². The van der Waals surface area contributed by atoms with Crippen LogP contribution in [0.2, 0.25) is 10.0 Å². The first-order chi connectivity index (χ1) is 18.4. The number of ether oxygens (including phenoxy) is 1. The molecule has 0 aliphatic carbocycles. The fourth-order valence-corrected chi connectivity index (χ4v) is 4.94. The Morgan fingerprint density at radius 3 is 2.39 bits per heavy atom. The van der Waals surface area contributed by atoms with E-state index in [0.29, 0.717) is 22.9 Å². The van der Waals surface area contributed by atoms with Crippen molar-refractivity contribution in [2.24, 2.45) is 0 Å². The summed E-state index contributed by atoms with van der Waals surface area (Å²) in [6, 6.07) is 20.7. The number of carbonyl (C=O) groups is 1. The molecule has 0 unspecified atom stereocenters. The molecule has 4 rings (SSSR count). The van der Waals surface area contributed by atoms with Gasteiger partial charge in [-0.05, 0) is 72.7 Å². The van der Waals surface area contributed by atoms with E-state index in [9.17, 15) is 4.79 Å². The molecule has 3 aromatic rings. The number of piperazine rings is 1. The van der Waals surface area contributed by atoms with Gasteiger partial charge in [-0.25, -0.2) is 0 Å². The normalized spacial score (nSPS) is 13.7. The molecule has 1 amide bonds. The fourth-order valence-electron chi connectivity index (χ4n) is 4.23. The molecule has 1 saturated heterocycles. The van der Waals surface area contributed by atoms with Gasteiger partial charge in [0.1, 0.15) is 5.75 Å². The molecule has 2 N–H and O–H groups in total. The van der Waals surface area contributed by atoms with Gasteiger partial charge in [-0.2, -0.15) is 0 Å². The van der Waals surface area contributed by atoms with Crippen molar-refractivity contribution in [3.05, 3.63) is 87.9 Å². The Bertz CT molecular complexity index is 1250. The molecule has 0 atom stereocenters. The Hall–Kier alpha value is -2.84. The van der Waals surface area contributed by atoms with Gasteiger partial charge in [0.25, 0.3) is 5.91 Å². The predicted octanol–water partition coefficient (Wildman–Crippen LogP) is 6.62. The average Bonchev–Trinajstić information content (AvgIpc) is 2.91. The van der Waals surface area contributed by atoms with Gasteiger partial charge >= 0.3 is 0 Å². The van der Waals surface area contributed by atoms with E-state index in [0.717, 1.165) is 67.6 Å². The van der Waals surface area contributed by atoms with Crippen LogP contribution in [0, 0.1) is 0 Å². The van der Waals surface area contributed by atoms with Crippen LogP contribution in [0.3, 0.4) is 0 Å². The third-order valence-corrected chi connectivity index (χ3v) is 7.26. The minimum Gasteiger partial charge on any atom is -0.494 e. The highest BCUT2D eigenvalue weighted by molar-refractivity contribution is 7.80. The first-order valence-electron chi connectivity index (χ1n) is 12.8. The summed E-state index contributed by atoms with van der Waals surface area (Å²) in [7, 11) is 0. The van der Waals surface area contributed by atoms with Crippen LogP contribution >= 0.6 is 35.4 Å². The minimum atomic E-state index is -0.292. The van der Waals surface area contributed by atoms with Crippen LogP contribution in [0.25, 0.3) is 0 Å². The van der Waals surface area contributed by atoms with E-state index in [1.165, 1.54) is 0 Å². The molecule has 0 bridgehead atoms. The fraction of sp³-hybridized carbons (Fsp3) is 0.310. The monoisotopic (exact) mass is 570 g/mol. The number of nitrogens with zero attached hydrogens (tertiary/aromatic N) is 2. The van der Waals surface area contributed by atoms with Crippen LogP contribution in [0.5, 0.6) is 5.75 Å². The number of benzene rings is 3. The van der Waals surface area contributed by atoms with E-state index in [1.54, 1.807) is 24.3 Å². The number of hydrogen-bond donors (Lipinski definition) is 2. The summed E-state index contributed by atoms with van der Waals surface area (Å²) in [4.78, 5) is 17.3. The molecule has 1 aliphatic rings. The Morgan fingerprint density at radius 2 is 1.71 bits per heavy atom. The quantitative estimate of drug-likeness (QED) is 0.222.